The first-order chi connectivity index (χ1) is 10.1. The van der Waals surface area contributed by atoms with Crippen molar-refractivity contribution < 1.29 is 13.9 Å². The van der Waals surface area contributed by atoms with E-state index in [1.807, 2.05) is 25.1 Å². The average molecular weight is 286 g/mol. The highest BCUT2D eigenvalue weighted by Gasteiger charge is 2.04. The van der Waals surface area contributed by atoms with Crippen LogP contribution in [0.4, 0.5) is 4.39 Å². The largest absolute Gasteiger partial charge is 0.496 e. The van der Waals surface area contributed by atoms with E-state index < -0.39 is 11.7 Å². The number of nitrogens with one attached hydrogen (secondary N) is 1. The van der Waals surface area contributed by atoms with E-state index in [-0.39, 0.29) is 5.56 Å². The number of hydrogen-bond acceptors (Lipinski definition) is 3. The van der Waals surface area contributed by atoms with E-state index in [4.69, 9.17) is 4.74 Å². The normalized spacial score (nSPS) is 10.6. The molecule has 1 amide bonds. The van der Waals surface area contributed by atoms with Crippen LogP contribution in [0.2, 0.25) is 0 Å². The molecule has 2 aromatic rings. The Morgan fingerprint density at radius 2 is 2.10 bits per heavy atom. The summed E-state index contributed by atoms with van der Waals surface area (Å²) in [6.45, 7) is 1.94. The monoisotopic (exact) mass is 286 g/mol. The van der Waals surface area contributed by atoms with Crippen molar-refractivity contribution in [1.29, 1.82) is 0 Å². The third-order valence-electron chi connectivity index (χ3n) is 2.90. The van der Waals surface area contributed by atoms with Crippen molar-refractivity contribution in [3.63, 3.8) is 0 Å². The summed E-state index contributed by atoms with van der Waals surface area (Å²) in [5.41, 5.74) is 4.37. The molecule has 0 heterocycles. The Labute approximate surface area is 122 Å². The summed E-state index contributed by atoms with van der Waals surface area (Å²) in [7, 11) is 1.59. The van der Waals surface area contributed by atoms with Crippen LogP contribution in [-0.2, 0) is 0 Å². The molecule has 0 bridgehead atoms. The summed E-state index contributed by atoms with van der Waals surface area (Å²) in [4.78, 5) is 11.7. The zero-order chi connectivity index (χ0) is 15.2. The number of halogens is 1. The highest BCUT2D eigenvalue weighted by molar-refractivity contribution is 5.94. The second-order valence-corrected chi connectivity index (χ2v) is 4.44. The highest BCUT2D eigenvalue weighted by atomic mass is 19.1. The molecule has 0 saturated carbocycles. The molecule has 0 saturated heterocycles. The first-order valence-corrected chi connectivity index (χ1v) is 6.34. The van der Waals surface area contributed by atoms with Crippen LogP contribution in [0.15, 0.2) is 47.6 Å². The molecule has 21 heavy (non-hydrogen) atoms. The fraction of sp³-hybridized carbons (Fsp3) is 0.125. The maximum absolute atomic E-state index is 13.0. The fourth-order valence-corrected chi connectivity index (χ4v) is 1.78. The lowest BCUT2D eigenvalue weighted by Crippen LogP contribution is -2.17. The Bertz CT molecular complexity index is 684. The van der Waals surface area contributed by atoms with Gasteiger partial charge in [0.25, 0.3) is 5.91 Å². The first kappa shape index (κ1) is 14.7. The quantitative estimate of drug-likeness (QED) is 0.694. The molecule has 108 valence electrons. The number of rotatable bonds is 4. The number of benzene rings is 2. The third kappa shape index (κ3) is 3.89. The van der Waals surface area contributed by atoms with Crippen molar-refractivity contribution >= 4 is 12.1 Å². The molecule has 0 aliphatic heterocycles. The van der Waals surface area contributed by atoms with Gasteiger partial charge in [0, 0.05) is 5.56 Å². The van der Waals surface area contributed by atoms with Gasteiger partial charge in [-0.05, 0) is 42.3 Å². The Kier molecular flexibility index (Phi) is 4.66. The Morgan fingerprint density at radius 3 is 2.81 bits per heavy atom. The van der Waals surface area contributed by atoms with Crippen molar-refractivity contribution in [3.8, 4) is 5.75 Å². The minimum atomic E-state index is -0.468. The van der Waals surface area contributed by atoms with E-state index in [1.54, 1.807) is 7.11 Å². The molecule has 2 aromatic carbocycles. The van der Waals surface area contributed by atoms with E-state index in [0.717, 1.165) is 22.9 Å². The second-order valence-electron chi connectivity index (χ2n) is 4.44. The molecule has 5 heteroatoms. The van der Waals surface area contributed by atoms with Crippen molar-refractivity contribution in [3.05, 3.63) is 65.0 Å². The molecule has 0 fully saturated rings. The Hall–Kier alpha value is -2.69. The molecule has 0 unspecified atom stereocenters. The van der Waals surface area contributed by atoms with Gasteiger partial charge >= 0.3 is 0 Å². The van der Waals surface area contributed by atoms with Gasteiger partial charge in [0.15, 0.2) is 0 Å². The second kappa shape index (κ2) is 6.65. The average Bonchev–Trinajstić information content (AvgIpc) is 2.48. The van der Waals surface area contributed by atoms with Crippen LogP contribution < -0.4 is 10.2 Å². The van der Waals surface area contributed by atoms with Crippen molar-refractivity contribution in [2.45, 2.75) is 6.92 Å². The van der Waals surface area contributed by atoms with Crippen molar-refractivity contribution in [2.75, 3.05) is 7.11 Å². The third-order valence-corrected chi connectivity index (χ3v) is 2.90. The number of nitrogens with zero attached hydrogens (tertiary/aromatic N) is 1. The topological polar surface area (TPSA) is 50.7 Å². The molecule has 0 radical (unpaired) electrons. The minimum absolute atomic E-state index is 0.216. The lowest BCUT2D eigenvalue weighted by Gasteiger charge is -2.04. The van der Waals surface area contributed by atoms with E-state index in [0.29, 0.717) is 0 Å². The van der Waals surface area contributed by atoms with Crippen molar-refractivity contribution in [2.24, 2.45) is 5.10 Å². The molecule has 0 aromatic heterocycles. The van der Waals surface area contributed by atoms with Crippen LogP contribution in [0.25, 0.3) is 0 Å². The number of carbonyl (C=O) groups is 1. The minimum Gasteiger partial charge on any atom is -0.496 e. The lowest BCUT2D eigenvalue weighted by molar-refractivity contribution is 0.0954. The van der Waals surface area contributed by atoms with Gasteiger partial charge in [0.1, 0.15) is 11.6 Å². The molecule has 0 aliphatic rings. The van der Waals surface area contributed by atoms with Crippen LogP contribution in [0.5, 0.6) is 5.75 Å². The summed E-state index contributed by atoms with van der Waals surface area (Å²) in [5.74, 6) is -0.185. The van der Waals surface area contributed by atoms with Crippen molar-refractivity contribution in [1.82, 2.24) is 5.43 Å². The summed E-state index contributed by atoms with van der Waals surface area (Å²) in [6, 6.07) is 11.0. The van der Waals surface area contributed by atoms with E-state index in [1.165, 1.54) is 24.4 Å². The summed E-state index contributed by atoms with van der Waals surface area (Å²) in [5, 5.41) is 3.85. The van der Waals surface area contributed by atoms with Gasteiger partial charge in [-0.15, -0.1) is 0 Å². The number of methoxy groups -OCH3 is 1. The molecular weight excluding hydrogens is 271 g/mol. The predicted molar refractivity (Wildman–Crippen MR) is 79.2 cm³/mol. The lowest BCUT2D eigenvalue weighted by atomic mass is 10.1. The molecule has 1 N–H and O–H groups in total. The number of hydrogen-bond donors (Lipinski definition) is 1. The maximum Gasteiger partial charge on any atom is 0.271 e. The van der Waals surface area contributed by atoms with Crippen LogP contribution in [0, 0.1) is 12.7 Å². The van der Waals surface area contributed by atoms with E-state index in [9.17, 15) is 9.18 Å². The predicted octanol–water partition coefficient (Wildman–Crippen LogP) is 2.91. The van der Waals surface area contributed by atoms with Gasteiger partial charge in [0.05, 0.1) is 13.3 Å². The van der Waals surface area contributed by atoms with Gasteiger partial charge in [-0.25, -0.2) is 9.82 Å². The van der Waals surface area contributed by atoms with Crippen LogP contribution in [0.1, 0.15) is 21.5 Å². The van der Waals surface area contributed by atoms with Gasteiger partial charge in [0.2, 0.25) is 0 Å². The Morgan fingerprint density at radius 1 is 1.29 bits per heavy atom. The summed E-state index contributed by atoms with van der Waals surface area (Å²) < 4.78 is 18.2. The molecule has 0 spiro atoms. The molecular formula is C16H15FN2O2. The van der Waals surface area contributed by atoms with Gasteiger partial charge < -0.3 is 4.74 Å². The van der Waals surface area contributed by atoms with E-state index in [2.05, 4.69) is 10.5 Å². The number of carbonyl (C=O) groups excluding carboxylic acids is 1. The number of amides is 1. The molecule has 2 rings (SSSR count). The standard InChI is InChI=1S/C16H15FN2O2/c1-11-6-7-12(8-15(11)21-2)10-18-19-16(20)13-4-3-5-14(17)9-13/h3-10H,1-2H3,(H,19,20)/b18-10-. The smallest absolute Gasteiger partial charge is 0.271 e. The van der Waals surface area contributed by atoms with Crippen LogP contribution in [-0.4, -0.2) is 19.2 Å². The fourth-order valence-electron chi connectivity index (χ4n) is 1.78. The van der Waals surface area contributed by atoms with Gasteiger partial charge in [-0.3, -0.25) is 4.79 Å². The zero-order valence-corrected chi connectivity index (χ0v) is 11.8. The van der Waals surface area contributed by atoms with E-state index >= 15 is 0 Å². The number of aryl methyl sites for hydroxylation is 1. The van der Waals surface area contributed by atoms with Gasteiger partial charge in [-0.2, -0.15) is 5.10 Å². The van der Waals surface area contributed by atoms with Gasteiger partial charge in [-0.1, -0.05) is 18.2 Å². The zero-order valence-electron chi connectivity index (χ0n) is 11.8. The van der Waals surface area contributed by atoms with Crippen LogP contribution in [0.3, 0.4) is 0 Å². The van der Waals surface area contributed by atoms with Crippen LogP contribution >= 0.6 is 0 Å². The molecule has 0 atom stereocenters. The highest BCUT2D eigenvalue weighted by Crippen LogP contribution is 2.17. The molecule has 4 nitrogen and oxygen atoms in total. The maximum atomic E-state index is 13.0. The summed E-state index contributed by atoms with van der Waals surface area (Å²) in [6.07, 6.45) is 1.50. The Balaban J connectivity index is 2.04. The molecule has 0 aliphatic carbocycles. The first-order valence-electron chi connectivity index (χ1n) is 6.34. The number of hydrazone groups is 1. The SMILES string of the molecule is COc1cc(/C=N\NC(=O)c2cccc(F)c2)ccc1C. The summed E-state index contributed by atoms with van der Waals surface area (Å²) >= 11 is 0. The number of ether oxygens (including phenoxy) is 1.